The summed E-state index contributed by atoms with van der Waals surface area (Å²) in [4.78, 5) is 28.6. The highest BCUT2D eigenvalue weighted by Gasteiger charge is 2.39. The molecule has 0 saturated carbocycles. The number of methoxy groups -OCH3 is 1. The van der Waals surface area contributed by atoms with E-state index in [1.807, 2.05) is 0 Å². The molecule has 3 rings (SSSR count). The molecule has 2 N–H and O–H groups in total. The maximum atomic E-state index is 12.4. The summed E-state index contributed by atoms with van der Waals surface area (Å²) < 4.78 is 11.7. The lowest BCUT2D eigenvalue weighted by Crippen LogP contribution is -2.54. The maximum absolute atomic E-state index is 12.4. The Morgan fingerprint density at radius 1 is 1.48 bits per heavy atom. The average Bonchev–Trinajstić information content (AvgIpc) is 3.11. The van der Waals surface area contributed by atoms with E-state index < -0.39 is 24.1 Å². The fourth-order valence-corrected chi connectivity index (χ4v) is 2.44. The van der Waals surface area contributed by atoms with Gasteiger partial charge in [0.25, 0.3) is 5.91 Å². The number of hydrogen-bond acceptors (Lipinski definition) is 7. The van der Waals surface area contributed by atoms with Gasteiger partial charge in [-0.05, 0) is 6.07 Å². The fourth-order valence-electron chi connectivity index (χ4n) is 2.44. The Morgan fingerprint density at radius 3 is 3.00 bits per heavy atom. The third kappa shape index (κ3) is 3.30. The summed E-state index contributed by atoms with van der Waals surface area (Å²) in [6.45, 7) is 0.301. The number of pyridine rings is 1. The molecule has 2 atom stereocenters. The van der Waals surface area contributed by atoms with Crippen molar-refractivity contribution in [1.29, 1.82) is 0 Å². The van der Waals surface area contributed by atoms with Crippen molar-refractivity contribution in [3.63, 3.8) is 0 Å². The lowest BCUT2D eigenvalue weighted by Gasteiger charge is -2.31. The van der Waals surface area contributed by atoms with Crippen molar-refractivity contribution >= 4 is 17.7 Å². The molecule has 1 saturated heterocycles. The minimum atomic E-state index is -1.93. The second kappa shape index (κ2) is 6.87. The number of nitrogens with zero attached hydrogens (tertiary/aromatic N) is 4. The number of carboxylic acids is 1. The smallest absolute Gasteiger partial charge is 0.335 e. The van der Waals surface area contributed by atoms with Gasteiger partial charge in [-0.25, -0.2) is 14.5 Å². The van der Waals surface area contributed by atoms with Crippen molar-refractivity contribution in [3.8, 4) is 11.6 Å². The number of ether oxygens (including phenoxy) is 2. The van der Waals surface area contributed by atoms with E-state index in [4.69, 9.17) is 14.6 Å². The van der Waals surface area contributed by atoms with Gasteiger partial charge in [-0.15, -0.1) is 5.10 Å². The van der Waals surface area contributed by atoms with Gasteiger partial charge in [-0.3, -0.25) is 9.69 Å². The zero-order valence-electron chi connectivity index (χ0n) is 13.3. The summed E-state index contributed by atoms with van der Waals surface area (Å²) in [7, 11) is 1.50. The van der Waals surface area contributed by atoms with E-state index in [-0.39, 0.29) is 13.2 Å². The highest BCUT2D eigenvalue weighted by atomic mass is 16.5. The van der Waals surface area contributed by atoms with Crippen LogP contribution in [0.25, 0.3) is 5.69 Å². The van der Waals surface area contributed by atoms with Crippen molar-refractivity contribution in [3.05, 3.63) is 30.6 Å². The van der Waals surface area contributed by atoms with Gasteiger partial charge < -0.3 is 19.7 Å². The first-order valence-corrected chi connectivity index (χ1v) is 7.41. The van der Waals surface area contributed by atoms with Crippen LogP contribution in [0, 0.1) is 0 Å². The quantitative estimate of drug-likeness (QED) is 0.737. The van der Waals surface area contributed by atoms with E-state index in [1.165, 1.54) is 16.7 Å². The van der Waals surface area contributed by atoms with Crippen molar-refractivity contribution < 1.29 is 29.3 Å². The summed E-state index contributed by atoms with van der Waals surface area (Å²) in [6.07, 6.45) is -0.177. The molecule has 0 radical (unpaired) electrons. The molecule has 0 bridgehead atoms. The summed E-state index contributed by atoms with van der Waals surface area (Å²) >= 11 is 0. The van der Waals surface area contributed by atoms with Crippen LogP contribution < -0.4 is 9.64 Å². The van der Waals surface area contributed by atoms with Crippen LogP contribution in [-0.2, 0) is 14.3 Å². The minimum Gasteiger partial charge on any atom is -0.481 e. The molecule has 2 aromatic heterocycles. The second-order valence-electron chi connectivity index (χ2n) is 5.24. The van der Waals surface area contributed by atoms with E-state index >= 15 is 0 Å². The predicted octanol–water partition coefficient (Wildman–Crippen LogP) is -0.547. The van der Waals surface area contributed by atoms with Gasteiger partial charge in [-0.1, -0.05) is 0 Å². The first-order chi connectivity index (χ1) is 12.0. The molecular formula is C15H16N4O6. The van der Waals surface area contributed by atoms with Crippen LogP contribution in [0.3, 0.4) is 0 Å². The van der Waals surface area contributed by atoms with Gasteiger partial charge in [0.15, 0.2) is 18.0 Å². The molecule has 1 aliphatic rings. The van der Waals surface area contributed by atoms with Crippen molar-refractivity contribution in [2.24, 2.45) is 0 Å². The molecule has 1 fully saturated rings. The molecule has 132 valence electrons. The van der Waals surface area contributed by atoms with Gasteiger partial charge in [0, 0.05) is 24.5 Å². The van der Waals surface area contributed by atoms with Gasteiger partial charge >= 0.3 is 5.97 Å². The van der Waals surface area contributed by atoms with Crippen LogP contribution in [0.15, 0.2) is 30.6 Å². The van der Waals surface area contributed by atoms with E-state index in [9.17, 15) is 14.7 Å². The molecule has 3 heterocycles. The molecular weight excluding hydrogens is 332 g/mol. The summed E-state index contributed by atoms with van der Waals surface area (Å²) in [5.41, 5.74) is 0.681. The number of aliphatic hydroxyl groups is 1. The van der Waals surface area contributed by atoms with Crippen molar-refractivity contribution in [2.45, 2.75) is 12.2 Å². The highest BCUT2D eigenvalue weighted by Crippen LogP contribution is 2.21. The lowest BCUT2D eigenvalue weighted by molar-refractivity contribution is -0.163. The first-order valence-electron chi connectivity index (χ1n) is 7.41. The molecule has 0 aliphatic carbocycles. The van der Waals surface area contributed by atoms with Crippen LogP contribution in [0.5, 0.6) is 5.88 Å². The zero-order chi connectivity index (χ0) is 18.0. The lowest BCUT2D eigenvalue weighted by atomic mass is 10.1. The van der Waals surface area contributed by atoms with Crippen LogP contribution in [0.2, 0.25) is 0 Å². The maximum Gasteiger partial charge on any atom is 0.335 e. The van der Waals surface area contributed by atoms with Crippen LogP contribution in [-0.4, -0.2) is 69.3 Å². The van der Waals surface area contributed by atoms with Crippen molar-refractivity contribution in [1.82, 2.24) is 14.8 Å². The average molecular weight is 348 g/mol. The van der Waals surface area contributed by atoms with Crippen LogP contribution >= 0.6 is 0 Å². The first kappa shape index (κ1) is 16.9. The number of aliphatic carboxylic acids is 1. The topological polar surface area (TPSA) is 127 Å². The predicted molar refractivity (Wildman–Crippen MR) is 83.6 cm³/mol. The number of anilines is 1. The van der Waals surface area contributed by atoms with Gasteiger partial charge in [0.1, 0.15) is 0 Å². The summed E-state index contributed by atoms with van der Waals surface area (Å²) in [5.74, 6) is -1.43. The third-order valence-electron chi connectivity index (χ3n) is 3.71. The Bertz CT molecular complexity index is 792. The normalized spacial score (nSPS) is 18.9. The fraction of sp³-hybridized carbons (Fsp3) is 0.333. The monoisotopic (exact) mass is 348 g/mol. The SMILES string of the molecule is COc1cc(-n2ccc(N3CCOC(C(O)C(=O)O)C3=O)n2)ccn1. The zero-order valence-corrected chi connectivity index (χ0v) is 13.3. The molecule has 2 aromatic rings. The Labute approximate surface area is 142 Å². The number of aliphatic hydroxyl groups excluding tert-OH is 1. The van der Waals surface area contributed by atoms with Crippen molar-refractivity contribution in [2.75, 3.05) is 25.2 Å². The Morgan fingerprint density at radius 2 is 2.28 bits per heavy atom. The van der Waals surface area contributed by atoms with E-state index in [2.05, 4.69) is 10.1 Å². The molecule has 0 spiro atoms. The highest BCUT2D eigenvalue weighted by molar-refractivity contribution is 5.99. The van der Waals surface area contributed by atoms with Crippen LogP contribution in [0.1, 0.15) is 0 Å². The Hall–Kier alpha value is -2.98. The molecule has 25 heavy (non-hydrogen) atoms. The Balaban J connectivity index is 1.83. The molecule has 10 nitrogen and oxygen atoms in total. The largest absolute Gasteiger partial charge is 0.481 e. The number of morpholine rings is 1. The molecule has 2 unspecified atom stereocenters. The van der Waals surface area contributed by atoms with Crippen LogP contribution in [0.4, 0.5) is 5.82 Å². The number of carboxylic acid groups (broad SMARTS) is 1. The number of carbonyl (C=O) groups excluding carboxylic acids is 1. The Kier molecular flexibility index (Phi) is 4.63. The van der Waals surface area contributed by atoms with Gasteiger partial charge in [0.05, 0.1) is 25.9 Å². The number of aromatic nitrogens is 3. The minimum absolute atomic E-state index is 0.0939. The second-order valence-corrected chi connectivity index (χ2v) is 5.24. The van der Waals surface area contributed by atoms with E-state index in [0.717, 1.165) is 0 Å². The third-order valence-corrected chi connectivity index (χ3v) is 3.71. The van der Waals surface area contributed by atoms with E-state index in [0.29, 0.717) is 17.4 Å². The van der Waals surface area contributed by atoms with Gasteiger partial charge in [-0.2, -0.15) is 0 Å². The summed E-state index contributed by atoms with van der Waals surface area (Å²) in [5, 5.41) is 22.8. The molecule has 0 aromatic carbocycles. The number of carbonyl (C=O) groups is 2. The number of amides is 1. The summed E-state index contributed by atoms with van der Waals surface area (Å²) in [6, 6.07) is 5.01. The number of hydrogen-bond donors (Lipinski definition) is 2. The number of rotatable bonds is 5. The van der Waals surface area contributed by atoms with E-state index in [1.54, 1.807) is 30.6 Å². The standard InChI is InChI=1S/C15H16N4O6/c1-24-11-8-9(2-4-16-11)19-5-3-10(17-19)18-6-7-25-13(14(18)21)12(20)15(22)23/h2-5,8,12-13,20H,6-7H2,1H3,(H,22,23). The molecule has 10 heteroatoms. The molecule has 1 aliphatic heterocycles. The van der Waals surface area contributed by atoms with Gasteiger partial charge in [0.2, 0.25) is 5.88 Å². The molecule has 1 amide bonds.